The minimum Gasteiger partial charge on any atom is -0.454 e. The molecule has 0 bridgehead atoms. The number of hydrogen-bond donors (Lipinski definition) is 0. The lowest BCUT2D eigenvalue weighted by Gasteiger charge is -2.31. The van der Waals surface area contributed by atoms with Gasteiger partial charge in [-0.25, -0.2) is 4.98 Å². The van der Waals surface area contributed by atoms with Gasteiger partial charge in [0.1, 0.15) is 10.8 Å². The largest absolute Gasteiger partial charge is 0.454 e. The fourth-order valence-electron chi connectivity index (χ4n) is 2.73. The Bertz CT molecular complexity index is 777. The van der Waals surface area contributed by atoms with Crippen molar-refractivity contribution in [1.82, 2.24) is 4.98 Å². The van der Waals surface area contributed by atoms with Crippen molar-refractivity contribution in [3.63, 3.8) is 0 Å². The van der Waals surface area contributed by atoms with Gasteiger partial charge in [-0.15, -0.1) is 6.42 Å². The zero-order chi connectivity index (χ0) is 17.1. The minimum atomic E-state index is 0.451. The van der Waals surface area contributed by atoms with E-state index in [2.05, 4.69) is 22.7 Å². The highest BCUT2D eigenvalue weighted by molar-refractivity contribution is 6.34. The predicted molar refractivity (Wildman–Crippen MR) is 99.3 cm³/mol. The molecule has 1 aromatic carbocycles. The van der Waals surface area contributed by atoms with Gasteiger partial charge < -0.3 is 9.64 Å². The molecule has 0 N–H and O–H groups in total. The zero-order valence-corrected chi connectivity index (χ0v) is 14.9. The number of anilines is 1. The molecular formula is C19H18Cl2N2O. The van der Waals surface area contributed by atoms with Crippen molar-refractivity contribution < 1.29 is 4.74 Å². The van der Waals surface area contributed by atoms with Crippen molar-refractivity contribution in [2.75, 3.05) is 18.0 Å². The van der Waals surface area contributed by atoms with Crippen molar-refractivity contribution in [3.8, 4) is 23.8 Å². The van der Waals surface area contributed by atoms with Crippen molar-refractivity contribution in [3.05, 3.63) is 46.1 Å². The molecule has 2 heterocycles. The lowest BCUT2D eigenvalue weighted by molar-refractivity contribution is 0.435. The molecule has 0 aliphatic carbocycles. The third-order valence-corrected chi connectivity index (χ3v) is 4.89. The standard InChI is InChI=1S/C19H18Cl2N2O/c1-3-14-4-5-16(15(20)12-14)24-17-6-9-22-19(18(17)21)23-10-7-13(2)8-11-23/h1,4-6,9,12-13H,7-8,10-11H2,2H3. The second-order valence-corrected chi connectivity index (χ2v) is 6.79. The Morgan fingerprint density at radius 1 is 1.21 bits per heavy atom. The molecule has 0 atom stereocenters. The van der Waals surface area contributed by atoms with E-state index in [1.165, 1.54) is 0 Å². The second kappa shape index (κ2) is 7.34. The number of rotatable bonds is 3. The molecule has 1 aliphatic rings. The Kier molecular flexibility index (Phi) is 5.18. The maximum absolute atomic E-state index is 6.53. The number of piperidine rings is 1. The summed E-state index contributed by atoms with van der Waals surface area (Å²) in [7, 11) is 0. The number of halogens is 2. The summed E-state index contributed by atoms with van der Waals surface area (Å²) in [5.41, 5.74) is 0.705. The first-order valence-electron chi connectivity index (χ1n) is 7.92. The number of hydrogen-bond acceptors (Lipinski definition) is 3. The third-order valence-electron chi connectivity index (χ3n) is 4.24. The second-order valence-electron chi connectivity index (χ2n) is 6.01. The molecule has 124 valence electrons. The van der Waals surface area contributed by atoms with Crippen LogP contribution in [0.4, 0.5) is 5.82 Å². The van der Waals surface area contributed by atoms with Gasteiger partial charge in [-0.3, -0.25) is 0 Å². The van der Waals surface area contributed by atoms with Crippen molar-refractivity contribution in [1.29, 1.82) is 0 Å². The molecule has 1 fully saturated rings. The van der Waals surface area contributed by atoms with Crippen LogP contribution >= 0.6 is 23.2 Å². The third kappa shape index (κ3) is 3.61. The van der Waals surface area contributed by atoms with E-state index >= 15 is 0 Å². The van der Waals surface area contributed by atoms with Crippen molar-refractivity contribution >= 4 is 29.0 Å². The first-order chi connectivity index (χ1) is 11.6. The first kappa shape index (κ1) is 17.0. The number of ether oxygens (including phenoxy) is 1. The predicted octanol–water partition coefficient (Wildman–Crippen LogP) is 5.40. The van der Waals surface area contributed by atoms with Crippen LogP contribution in [0.15, 0.2) is 30.5 Å². The van der Waals surface area contributed by atoms with Crippen LogP contribution in [-0.4, -0.2) is 18.1 Å². The Morgan fingerprint density at radius 2 is 1.96 bits per heavy atom. The van der Waals surface area contributed by atoms with Gasteiger partial charge in [0.15, 0.2) is 11.6 Å². The van der Waals surface area contributed by atoms with Crippen LogP contribution in [0.2, 0.25) is 10.0 Å². The summed E-state index contributed by atoms with van der Waals surface area (Å²) in [6.45, 7) is 4.18. The van der Waals surface area contributed by atoms with E-state index in [0.717, 1.165) is 37.7 Å². The van der Waals surface area contributed by atoms with Gasteiger partial charge >= 0.3 is 0 Å². The van der Waals surface area contributed by atoms with Crippen LogP contribution in [0.1, 0.15) is 25.3 Å². The smallest absolute Gasteiger partial charge is 0.151 e. The fourth-order valence-corrected chi connectivity index (χ4v) is 3.22. The van der Waals surface area contributed by atoms with Crippen LogP contribution in [0.5, 0.6) is 11.5 Å². The Morgan fingerprint density at radius 3 is 2.62 bits per heavy atom. The van der Waals surface area contributed by atoms with Gasteiger partial charge in [-0.2, -0.15) is 0 Å². The highest BCUT2D eigenvalue weighted by Gasteiger charge is 2.21. The van der Waals surface area contributed by atoms with Crippen LogP contribution in [-0.2, 0) is 0 Å². The van der Waals surface area contributed by atoms with Crippen LogP contribution < -0.4 is 9.64 Å². The Labute approximate surface area is 152 Å². The molecular weight excluding hydrogens is 343 g/mol. The summed E-state index contributed by atoms with van der Waals surface area (Å²) in [4.78, 5) is 6.64. The average molecular weight is 361 g/mol. The summed E-state index contributed by atoms with van der Waals surface area (Å²) >= 11 is 12.8. The number of aromatic nitrogens is 1. The molecule has 3 rings (SSSR count). The minimum absolute atomic E-state index is 0.451. The summed E-state index contributed by atoms with van der Waals surface area (Å²) in [5.74, 6) is 5.10. The molecule has 0 amide bonds. The highest BCUT2D eigenvalue weighted by Crippen LogP contribution is 2.38. The number of nitrogens with zero attached hydrogens (tertiary/aromatic N) is 2. The number of terminal acetylenes is 1. The van der Waals surface area contributed by atoms with Gasteiger partial charge in [-0.1, -0.05) is 36.0 Å². The number of benzene rings is 1. The molecule has 0 radical (unpaired) electrons. The summed E-state index contributed by atoms with van der Waals surface area (Å²) in [5, 5.41) is 0.954. The maximum atomic E-state index is 6.53. The number of pyridine rings is 1. The van der Waals surface area contributed by atoms with E-state index in [4.69, 9.17) is 34.4 Å². The topological polar surface area (TPSA) is 25.4 Å². The molecule has 5 heteroatoms. The zero-order valence-electron chi connectivity index (χ0n) is 13.4. The van der Waals surface area contributed by atoms with E-state index in [-0.39, 0.29) is 0 Å². The summed E-state index contributed by atoms with van der Waals surface area (Å²) in [6, 6.07) is 6.96. The lowest BCUT2D eigenvalue weighted by Crippen LogP contribution is -2.33. The van der Waals surface area contributed by atoms with Crippen LogP contribution in [0.25, 0.3) is 0 Å². The molecule has 0 unspecified atom stereocenters. The molecule has 0 saturated carbocycles. The lowest BCUT2D eigenvalue weighted by atomic mass is 9.99. The van der Waals surface area contributed by atoms with E-state index in [0.29, 0.717) is 27.1 Å². The van der Waals surface area contributed by atoms with Gasteiger partial charge in [0.2, 0.25) is 0 Å². The highest BCUT2D eigenvalue weighted by atomic mass is 35.5. The fraction of sp³-hybridized carbons (Fsp3) is 0.316. The Hall–Kier alpha value is -1.89. The van der Waals surface area contributed by atoms with Crippen LogP contribution in [0.3, 0.4) is 0 Å². The van der Waals surface area contributed by atoms with Gasteiger partial charge in [-0.05, 0) is 37.0 Å². The van der Waals surface area contributed by atoms with Gasteiger partial charge in [0, 0.05) is 30.9 Å². The molecule has 0 spiro atoms. The monoisotopic (exact) mass is 360 g/mol. The van der Waals surface area contributed by atoms with Crippen LogP contribution in [0, 0.1) is 18.3 Å². The quantitative estimate of drug-likeness (QED) is 0.685. The van der Waals surface area contributed by atoms with Crippen molar-refractivity contribution in [2.45, 2.75) is 19.8 Å². The summed E-state index contributed by atoms with van der Waals surface area (Å²) in [6.07, 6.45) is 9.36. The average Bonchev–Trinajstić information content (AvgIpc) is 2.59. The molecule has 24 heavy (non-hydrogen) atoms. The van der Waals surface area contributed by atoms with Gasteiger partial charge in [0.05, 0.1) is 5.02 Å². The van der Waals surface area contributed by atoms with E-state index in [1.807, 2.05) is 0 Å². The molecule has 2 aromatic rings. The molecule has 1 aliphatic heterocycles. The Balaban J connectivity index is 1.85. The molecule has 1 aromatic heterocycles. The van der Waals surface area contributed by atoms with Crippen molar-refractivity contribution in [2.24, 2.45) is 5.92 Å². The van der Waals surface area contributed by atoms with E-state index in [1.54, 1.807) is 30.5 Å². The van der Waals surface area contributed by atoms with E-state index in [9.17, 15) is 0 Å². The maximum Gasteiger partial charge on any atom is 0.151 e. The van der Waals surface area contributed by atoms with Gasteiger partial charge in [0.25, 0.3) is 0 Å². The molecule has 3 nitrogen and oxygen atoms in total. The SMILES string of the molecule is C#Cc1ccc(Oc2ccnc(N3CCC(C)CC3)c2Cl)c(Cl)c1. The normalized spacial score (nSPS) is 15.2. The van der Waals surface area contributed by atoms with E-state index < -0.39 is 0 Å². The molecule has 1 saturated heterocycles. The summed E-state index contributed by atoms with van der Waals surface area (Å²) < 4.78 is 5.89. The first-order valence-corrected chi connectivity index (χ1v) is 8.67.